The van der Waals surface area contributed by atoms with Gasteiger partial charge in [0.05, 0.1) is 0 Å². The summed E-state index contributed by atoms with van der Waals surface area (Å²) in [4.78, 5) is 0. The molecule has 28 heavy (non-hydrogen) atoms. The summed E-state index contributed by atoms with van der Waals surface area (Å²) < 4.78 is 74.9. The molecule has 1 aromatic carbocycles. The lowest BCUT2D eigenvalue weighted by Crippen LogP contribution is -2.16. The molecule has 2 heterocycles. The Kier molecular flexibility index (Phi) is 4.47. The Morgan fingerprint density at radius 3 is 2.43 bits per heavy atom. The largest absolute Gasteiger partial charge is 0.486 e. The molecule has 0 N–H and O–H groups in total. The fourth-order valence-electron chi connectivity index (χ4n) is 3.23. The van der Waals surface area contributed by atoms with Gasteiger partial charge in [0, 0.05) is 36.4 Å². The lowest BCUT2D eigenvalue weighted by Gasteiger charge is -2.20. The van der Waals surface area contributed by atoms with Gasteiger partial charge in [-0.15, -0.1) is 10.2 Å². The molecule has 0 aliphatic heterocycles. The number of hydrogen-bond acceptors (Lipinski definition) is 3. The molecular formula is C19H16F5N3O. The van der Waals surface area contributed by atoms with Crippen molar-refractivity contribution >= 4 is 5.65 Å². The zero-order chi connectivity index (χ0) is 20.1. The third-order valence-corrected chi connectivity index (χ3v) is 4.72. The lowest BCUT2D eigenvalue weighted by atomic mass is 10.0. The first-order valence-electron chi connectivity index (χ1n) is 8.79. The van der Waals surface area contributed by atoms with E-state index >= 15 is 0 Å². The quantitative estimate of drug-likeness (QED) is 0.561. The van der Waals surface area contributed by atoms with Gasteiger partial charge >= 0.3 is 6.18 Å². The molecule has 1 saturated carbocycles. The molecule has 0 amide bonds. The van der Waals surface area contributed by atoms with Crippen LogP contribution in [-0.4, -0.2) is 14.6 Å². The Morgan fingerprint density at radius 1 is 1.14 bits per heavy atom. The van der Waals surface area contributed by atoms with E-state index < -0.39 is 29.5 Å². The molecule has 4 nitrogen and oxygen atoms in total. The maximum Gasteiger partial charge on any atom is 0.420 e. The van der Waals surface area contributed by atoms with Crippen molar-refractivity contribution in [1.29, 1.82) is 0 Å². The molecule has 1 unspecified atom stereocenters. The predicted molar refractivity (Wildman–Crippen MR) is 89.8 cm³/mol. The second kappa shape index (κ2) is 6.72. The molecular weight excluding hydrogens is 381 g/mol. The zero-order valence-corrected chi connectivity index (χ0v) is 14.8. The summed E-state index contributed by atoms with van der Waals surface area (Å²) in [6, 6.07) is 3.77. The van der Waals surface area contributed by atoms with Gasteiger partial charge in [0.2, 0.25) is 0 Å². The molecule has 1 aliphatic rings. The third-order valence-electron chi connectivity index (χ3n) is 4.72. The van der Waals surface area contributed by atoms with Crippen LogP contribution in [0.25, 0.3) is 5.65 Å². The Labute approximate surface area is 157 Å². The molecule has 1 aliphatic carbocycles. The predicted octanol–water partition coefficient (Wildman–Crippen LogP) is 5.12. The summed E-state index contributed by atoms with van der Waals surface area (Å²) in [5.41, 5.74) is -1.45. The van der Waals surface area contributed by atoms with Gasteiger partial charge in [-0.1, -0.05) is 0 Å². The number of aromatic nitrogens is 3. The Bertz CT molecular complexity index is 1010. The minimum atomic E-state index is -4.70. The summed E-state index contributed by atoms with van der Waals surface area (Å²) in [5.74, 6) is -1.04. The first-order valence-corrected chi connectivity index (χ1v) is 8.79. The van der Waals surface area contributed by atoms with E-state index in [9.17, 15) is 22.0 Å². The number of ether oxygens (including phenoxy) is 1. The summed E-state index contributed by atoms with van der Waals surface area (Å²) >= 11 is 0. The Balaban J connectivity index is 1.74. The highest BCUT2D eigenvalue weighted by Gasteiger charge is 2.39. The number of benzene rings is 1. The SMILES string of the molecule is CC(Oc1cc(F)cc(F)c1)c1ccn2c(CC3CC3)nnc2c1C(F)(F)F. The molecule has 0 bridgehead atoms. The summed E-state index contributed by atoms with van der Waals surface area (Å²) in [6.07, 6.45) is -1.70. The molecule has 0 spiro atoms. The van der Waals surface area contributed by atoms with Gasteiger partial charge < -0.3 is 4.74 Å². The van der Waals surface area contributed by atoms with Crippen molar-refractivity contribution in [2.24, 2.45) is 5.92 Å². The summed E-state index contributed by atoms with van der Waals surface area (Å²) in [6.45, 7) is 1.38. The molecule has 0 saturated heterocycles. The number of hydrogen-bond donors (Lipinski definition) is 0. The summed E-state index contributed by atoms with van der Waals surface area (Å²) in [7, 11) is 0. The van der Waals surface area contributed by atoms with Gasteiger partial charge in [0.25, 0.3) is 0 Å². The van der Waals surface area contributed by atoms with E-state index in [1.807, 2.05) is 0 Å². The summed E-state index contributed by atoms with van der Waals surface area (Å²) in [5, 5.41) is 7.69. The van der Waals surface area contributed by atoms with Crippen molar-refractivity contribution < 1.29 is 26.7 Å². The van der Waals surface area contributed by atoms with Crippen molar-refractivity contribution in [2.45, 2.75) is 38.5 Å². The molecule has 148 valence electrons. The highest BCUT2D eigenvalue weighted by atomic mass is 19.4. The van der Waals surface area contributed by atoms with Crippen LogP contribution in [0.2, 0.25) is 0 Å². The number of alkyl halides is 3. The Morgan fingerprint density at radius 2 is 1.82 bits per heavy atom. The highest BCUT2D eigenvalue weighted by molar-refractivity contribution is 5.54. The Hall–Kier alpha value is -2.71. The maximum atomic E-state index is 13.8. The molecule has 2 aromatic heterocycles. The van der Waals surface area contributed by atoms with Crippen LogP contribution in [0.5, 0.6) is 5.75 Å². The number of halogens is 5. The van der Waals surface area contributed by atoms with Crippen LogP contribution < -0.4 is 4.74 Å². The fraction of sp³-hybridized carbons (Fsp3) is 0.368. The van der Waals surface area contributed by atoms with Crippen LogP contribution in [-0.2, 0) is 12.6 Å². The number of rotatable bonds is 5. The monoisotopic (exact) mass is 397 g/mol. The second-order valence-corrected chi connectivity index (χ2v) is 6.97. The molecule has 3 aromatic rings. The van der Waals surface area contributed by atoms with Gasteiger partial charge in [0.15, 0.2) is 5.65 Å². The van der Waals surface area contributed by atoms with E-state index in [-0.39, 0.29) is 17.0 Å². The van der Waals surface area contributed by atoms with Crippen LogP contribution in [0.15, 0.2) is 30.5 Å². The van der Waals surface area contributed by atoms with E-state index in [4.69, 9.17) is 4.74 Å². The van der Waals surface area contributed by atoms with Crippen LogP contribution in [0.1, 0.15) is 42.8 Å². The smallest absolute Gasteiger partial charge is 0.420 e. The second-order valence-electron chi connectivity index (χ2n) is 6.97. The van der Waals surface area contributed by atoms with Crippen LogP contribution in [0.4, 0.5) is 22.0 Å². The molecule has 4 rings (SSSR count). The minimum absolute atomic E-state index is 0.185. The number of nitrogens with zero attached hydrogens (tertiary/aromatic N) is 3. The zero-order valence-electron chi connectivity index (χ0n) is 14.8. The van der Waals surface area contributed by atoms with Crippen molar-refractivity contribution in [3.05, 3.63) is 59.0 Å². The third kappa shape index (κ3) is 3.65. The highest BCUT2D eigenvalue weighted by Crippen LogP contribution is 2.39. The molecule has 1 atom stereocenters. The normalized spacial score (nSPS) is 15.8. The van der Waals surface area contributed by atoms with Crippen molar-refractivity contribution in [1.82, 2.24) is 14.6 Å². The van der Waals surface area contributed by atoms with E-state index in [0.717, 1.165) is 25.0 Å². The van der Waals surface area contributed by atoms with Crippen molar-refractivity contribution in [3.8, 4) is 5.75 Å². The minimum Gasteiger partial charge on any atom is -0.486 e. The van der Waals surface area contributed by atoms with E-state index in [2.05, 4.69) is 10.2 Å². The molecule has 9 heteroatoms. The average molecular weight is 397 g/mol. The van der Waals surface area contributed by atoms with Gasteiger partial charge in [-0.3, -0.25) is 4.40 Å². The van der Waals surface area contributed by atoms with Gasteiger partial charge in [-0.2, -0.15) is 13.2 Å². The van der Waals surface area contributed by atoms with E-state index in [1.54, 1.807) is 0 Å². The van der Waals surface area contributed by atoms with Crippen LogP contribution >= 0.6 is 0 Å². The van der Waals surface area contributed by atoms with Crippen molar-refractivity contribution in [3.63, 3.8) is 0 Å². The van der Waals surface area contributed by atoms with Gasteiger partial charge in [-0.05, 0) is 31.7 Å². The average Bonchev–Trinajstić information content (AvgIpc) is 3.31. The maximum absolute atomic E-state index is 13.8. The van der Waals surface area contributed by atoms with Crippen LogP contribution in [0.3, 0.4) is 0 Å². The first-order chi connectivity index (χ1) is 13.2. The standard InChI is InChI=1S/C19H16F5N3O/c1-10(28-14-8-12(20)7-13(21)9-14)15-4-5-27-16(6-11-2-3-11)25-26-18(27)17(15)19(22,23)24/h4-5,7-11H,2-3,6H2,1H3. The first kappa shape index (κ1) is 18.6. The molecule has 0 radical (unpaired) electrons. The van der Waals surface area contributed by atoms with E-state index in [1.165, 1.54) is 23.6 Å². The van der Waals surface area contributed by atoms with Crippen molar-refractivity contribution in [2.75, 3.05) is 0 Å². The topological polar surface area (TPSA) is 39.4 Å². The van der Waals surface area contributed by atoms with Gasteiger partial charge in [-0.25, -0.2) is 8.78 Å². The van der Waals surface area contributed by atoms with Gasteiger partial charge in [0.1, 0.15) is 34.9 Å². The van der Waals surface area contributed by atoms with Crippen LogP contribution in [0, 0.1) is 17.6 Å². The fourth-order valence-corrected chi connectivity index (χ4v) is 3.23. The number of pyridine rings is 1. The molecule has 1 fully saturated rings. The van der Waals surface area contributed by atoms with E-state index in [0.29, 0.717) is 24.2 Å². The number of fused-ring (bicyclic) bond motifs is 1. The lowest BCUT2D eigenvalue weighted by molar-refractivity contribution is -0.138.